The summed E-state index contributed by atoms with van der Waals surface area (Å²) in [6.07, 6.45) is 3.22. The third kappa shape index (κ3) is 5.58. The van der Waals surface area contributed by atoms with Crippen LogP contribution in [0.15, 0.2) is 17.6 Å². The SMILES string of the molecule is CN=C(NCCn1cncn1)NCc1nc(C)c(C)s1.I. The molecule has 116 valence electrons. The Morgan fingerprint density at radius 3 is 2.76 bits per heavy atom. The second-order valence-electron chi connectivity index (χ2n) is 4.26. The van der Waals surface area contributed by atoms with Crippen LogP contribution in [0.2, 0.25) is 0 Å². The standard InChI is InChI=1S/C12H19N7S.HI/c1-9-10(2)20-11(18-9)6-16-12(13-3)15-4-5-19-8-14-7-17-19;/h7-8H,4-6H2,1-3H3,(H2,13,15,16);1H. The summed E-state index contributed by atoms with van der Waals surface area (Å²) < 4.78 is 1.77. The summed E-state index contributed by atoms with van der Waals surface area (Å²) in [5, 5.41) is 11.6. The molecule has 2 aromatic rings. The van der Waals surface area contributed by atoms with Crippen molar-refractivity contribution in [1.29, 1.82) is 0 Å². The second-order valence-corrected chi connectivity index (χ2v) is 5.55. The fourth-order valence-electron chi connectivity index (χ4n) is 1.63. The van der Waals surface area contributed by atoms with E-state index in [1.807, 2.05) is 6.92 Å². The lowest BCUT2D eigenvalue weighted by Gasteiger charge is -2.10. The molecule has 0 aliphatic rings. The highest BCUT2D eigenvalue weighted by atomic mass is 127. The molecule has 21 heavy (non-hydrogen) atoms. The molecule has 0 aliphatic heterocycles. The largest absolute Gasteiger partial charge is 0.355 e. The lowest BCUT2D eigenvalue weighted by molar-refractivity contribution is 0.596. The Morgan fingerprint density at radius 2 is 2.19 bits per heavy atom. The van der Waals surface area contributed by atoms with Crippen LogP contribution < -0.4 is 10.6 Å². The first-order valence-corrected chi connectivity index (χ1v) is 7.20. The van der Waals surface area contributed by atoms with Gasteiger partial charge in [0, 0.05) is 18.5 Å². The number of rotatable bonds is 5. The Bertz CT molecular complexity index is 545. The molecule has 0 saturated heterocycles. The van der Waals surface area contributed by atoms with Crippen molar-refractivity contribution in [3.63, 3.8) is 0 Å². The molecule has 0 amide bonds. The number of nitrogens with zero attached hydrogens (tertiary/aromatic N) is 5. The van der Waals surface area contributed by atoms with Crippen LogP contribution in [-0.2, 0) is 13.1 Å². The van der Waals surface area contributed by atoms with Gasteiger partial charge in [0.2, 0.25) is 0 Å². The minimum atomic E-state index is 0. The first-order chi connectivity index (χ1) is 9.69. The number of hydrogen-bond acceptors (Lipinski definition) is 5. The minimum absolute atomic E-state index is 0. The van der Waals surface area contributed by atoms with Crippen molar-refractivity contribution in [1.82, 2.24) is 30.4 Å². The molecular weight excluding hydrogens is 401 g/mol. The third-order valence-electron chi connectivity index (χ3n) is 2.80. The Balaban J connectivity index is 0.00000220. The lowest BCUT2D eigenvalue weighted by atomic mass is 10.4. The van der Waals surface area contributed by atoms with E-state index in [4.69, 9.17) is 0 Å². The van der Waals surface area contributed by atoms with Crippen LogP contribution in [0.4, 0.5) is 0 Å². The average Bonchev–Trinajstić information content (AvgIpc) is 3.05. The Labute approximate surface area is 145 Å². The van der Waals surface area contributed by atoms with E-state index in [2.05, 4.69) is 37.6 Å². The van der Waals surface area contributed by atoms with Gasteiger partial charge in [-0.25, -0.2) is 9.97 Å². The summed E-state index contributed by atoms with van der Waals surface area (Å²) in [6.45, 7) is 6.28. The van der Waals surface area contributed by atoms with Crippen molar-refractivity contribution >= 4 is 41.3 Å². The number of nitrogens with one attached hydrogen (secondary N) is 2. The van der Waals surface area contributed by atoms with Crippen molar-refractivity contribution in [2.75, 3.05) is 13.6 Å². The first kappa shape index (κ1) is 17.8. The van der Waals surface area contributed by atoms with Gasteiger partial charge in [-0.1, -0.05) is 0 Å². The van der Waals surface area contributed by atoms with Crippen molar-refractivity contribution in [3.05, 3.63) is 28.2 Å². The number of halogens is 1. The van der Waals surface area contributed by atoms with E-state index in [9.17, 15) is 0 Å². The van der Waals surface area contributed by atoms with Gasteiger partial charge in [-0.2, -0.15) is 5.10 Å². The van der Waals surface area contributed by atoms with Crippen LogP contribution in [0.3, 0.4) is 0 Å². The lowest BCUT2D eigenvalue weighted by Crippen LogP contribution is -2.38. The van der Waals surface area contributed by atoms with Crippen molar-refractivity contribution in [2.24, 2.45) is 4.99 Å². The highest BCUT2D eigenvalue weighted by molar-refractivity contribution is 14.0. The molecule has 2 rings (SSSR count). The van der Waals surface area contributed by atoms with Gasteiger partial charge in [0.15, 0.2) is 5.96 Å². The van der Waals surface area contributed by atoms with Gasteiger partial charge in [-0.3, -0.25) is 9.67 Å². The summed E-state index contributed by atoms with van der Waals surface area (Å²) >= 11 is 1.71. The van der Waals surface area contributed by atoms with E-state index >= 15 is 0 Å². The van der Waals surface area contributed by atoms with Crippen LogP contribution in [-0.4, -0.2) is 39.3 Å². The smallest absolute Gasteiger partial charge is 0.191 e. The highest BCUT2D eigenvalue weighted by Gasteiger charge is 2.04. The van der Waals surface area contributed by atoms with Crippen molar-refractivity contribution in [3.8, 4) is 0 Å². The summed E-state index contributed by atoms with van der Waals surface area (Å²) in [5.74, 6) is 0.760. The van der Waals surface area contributed by atoms with E-state index in [0.29, 0.717) is 6.54 Å². The van der Waals surface area contributed by atoms with Gasteiger partial charge >= 0.3 is 0 Å². The molecule has 0 unspecified atom stereocenters. The predicted molar refractivity (Wildman–Crippen MR) is 95.2 cm³/mol. The van der Waals surface area contributed by atoms with Gasteiger partial charge in [0.1, 0.15) is 17.7 Å². The Morgan fingerprint density at radius 1 is 1.38 bits per heavy atom. The molecule has 2 aromatic heterocycles. The van der Waals surface area contributed by atoms with Gasteiger partial charge in [-0.15, -0.1) is 35.3 Å². The van der Waals surface area contributed by atoms with Gasteiger partial charge < -0.3 is 10.6 Å². The highest BCUT2D eigenvalue weighted by Crippen LogP contribution is 2.15. The second kappa shape index (κ2) is 8.93. The van der Waals surface area contributed by atoms with Crippen LogP contribution in [0.5, 0.6) is 0 Å². The van der Waals surface area contributed by atoms with Crippen LogP contribution >= 0.6 is 35.3 Å². The number of guanidine groups is 1. The molecule has 7 nitrogen and oxygen atoms in total. The van der Waals surface area contributed by atoms with Gasteiger partial charge in [-0.05, 0) is 13.8 Å². The molecule has 0 radical (unpaired) electrons. The molecule has 0 atom stereocenters. The maximum atomic E-state index is 4.49. The zero-order chi connectivity index (χ0) is 14.4. The molecule has 0 aromatic carbocycles. The summed E-state index contributed by atoms with van der Waals surface area (Å²) in [7, 11) is 1.75. The van der Waals surface area contributed by atoms with E-state index in [0.717, 1.165) is 29.8 Å². The zero-order valence-corrected chi connectivity index (χ0v) is 15.5. The topological polar surface area (TPSA) is 80.0 Å². The fourth-order valence-corrected chi connectivity index (χ4v) is 2.51. The normalized spacial score (nSPS) is 11.1. The number of hydrogen-bond donors (Lipinski definition) is 2. The Kier molecular flexibility index (Phi) is 7.57. The van der Waals surface area contributed by atoms with Crippen LogP contribution in [0.25, 0.3) is 0 Å². The molecule has 2 N–H and O–H groups in total. The molecule has 9 heteroatoms. The van der Waals surface area contributed by atoms with Gasteiger partial charge in [0.25, 0.3) is 0 Å². The molecule has 0 bridgehead atoms. The average molecular weight is 421 g/mol. The van der Waals surface area contributed by atoms with E-state index < -0.39 is 0 Å². The number of aromatic nitrogens is 4. The number of aliphatic imine (C=N–C) groups is 1. The van der Waals surface area contributed by atoms with Crippen LogP contribution in [0.1, 0.15) is 15.6 Å². The molecular formula is C12H20IN7S. The molecule has 0 saturated carbocycles. The summed E-state index contributed by atoms with van der Waals surface area (Å²) in [6, 6.07) is 0. The minimum Gasteiger partial charge on any atom is -0.355 e. The quantitative estimate of drug-likeness (QED) is 0.433. The number of thiazole rings is 1. The predicted octanol–water partition coefficient (Wildman–Crippen LogP) is 1.33. The monoisotopic (exact) mass is 421 g/mol. The zero-order valence-electron chi connectivity index (χ0n) is 12.3. The molecule has 0 fully saturated rings. The van der Waals surface area contributed by atoms with Gasteiger partial charge in [0.05, 0.1) is 18.8 Å². The van der Waals surface area contributed by atoms with E-state index in [-0.39, 0.29) is 24.0 Å². The maximum absolute atomic E-state index is 4.49. The van der Waals surface area contributed by atoms with Crippen molar-refractivity contribution < 1.29 is 0 Å². The molecule has 2 heterocycles. The van der Waals surface area contributed by atoms with Crippen molar-refractivity contribution in [2.45, 2.75) is 26.9 Å². The van der Waals surface area contributed by atoms with E-state index in [1.165, 1.54) is 11.2 Å². The van der Waals surface area contributed by atoms with Crippen LogP contribution in [0, 0.1) is 13.8 Å². The maximum Gasteiger partial charge on any atom is 0.191 e. The third-order valence-corrected chi connectivity index (χ3v) is 3.88. The Hall–Kier alpha value is -1.23. The summed E-state index contributed by atoms with van der Waals surface area (Å²) in [5.41, 5.74) is 1.10. The fraction of sp³-hybridized carbons (Fsp3) is 0.500. The number of aryl methyl sites for hydroxylation is 2. The summed E-state index contributed by atoms with van der Waals surface area (Å²) in [4.78, 5) is 13.8. The van der Waals surface area contributed by atoms with E-state index in [1.54, 1.807) is 29.4 Å². The first-order valence-electron chi connectivity index (χ1n) is 6.39. The molecule has 0 spiro atoms. The molecule has 0 aliphatic carbocycles.